The van der Waals surface area contributed by atoms with Gasteiger partial charge in [-0.05, 0) is 39.3 Å². The maximum atomic E-state index is 12.5. The van der Waals surface area contributed by atoms with E-state index < -0.39 is 5.97 Å². The highest BCUT2D eigenvalue weighted by Gasteiger charge is 2.32. The van der Waals surface area contributed by atoms with E-state index in [0.29, 0.717) is 19.1 Å². The number of likely N-dealkylation sites (tertiary alicyclic amines) is 2. The molecule has 6 heteroatoms. The molecule has 0 aromatic rings. The Morgan fingerprint density at radius 3 is 2.50 bits per heavy atom. The van der Waals surface area contributed by atoms with Crippen molar-refractivity contribution in [2.75, 3.05) is 40.3 Å². The van der Waals surface area contributed by atoms with Crippen molar-refractivity contribution in [1.29, 1.82) is 0 Å². The molecule has 2 saturated heterocycles. The van der Waals surface area contributed by atoms with E-state index in [2.05, 4.69) is 19.0 Å². The summed E-state index contributed by atoms with van der Waals surface area (Å²) in [4.78, 5) is 29.1. The number of hydrogen-bond acceptors (Lipinski definition) is 3. The Morgan fingerprint density at radius 2 is 1.85 bits per heavy atom. The number of nitrogens with zero attached hydrogens (tertiary/aromatic N) is 3. The van der Waals surface area contributed by atoms with Crippen molar-refractivity contribution in [1.82, 2.24) is 14.7 Å². The summed E-state index contributed by atoms with van der Waals surface area (Å²) in [5, 5.41) is 8.82. The minimum atomic E-state index is -0.769. The molecule has 2 rings (SSSR count). The van der Waals surface area contributed by atoms with Crippen LogP contribution in [0.2, 0.25) is 0 Å². The first kappa shape index (κ1) is 15.1. The van der Waals surface area contributed by atoms with Crippen LogP contribution in [-0.2, 0) is 4.79 Å². The van der Waals surface area contributed by atoms with E-state index in [-0.39, 0.29) is 18.4 Å². The number of urea groups is 1. The maximum absolute atomic E-state index is 12.5. The SMILES string of the molecule is CN(C)C1CCCN(C(=O)N2CCC(CC(=O)O)C2)C1. The Balaban J connectivity index is 1.87. The van der Waals surface area contributed by atoms with E-state index in [9.17, 15) is 9.59 Å². The number of amides is 2. The summed E-state index contributed by atoms with van der Waals surface area (Å²) >= 11 is 0. The van der Waals surface area contributed by atoms with Gasteiger partial charge in [0, 0.05) is 38.6 Å². The molecule has 0 aliphatic carbocycles. The van der Waals surface area contributed by atoms with Crippen LogP contribution in [0.5, 0.6) is 0 Å². The zero-order chi connectivity index (χ0) is 14.7. The predicted octanol–water partition coefficient (Wildman–Crippen LogP) is 0.929. The lowest BCUT2D eigenvalue weighted by Crippen LogP contribution is -2.51. The molecule has 2 aliphatic heterocycles. The highest BCUT2D eigenvalue weighted by Crippen LogP contribution is 2.22. The number of rotatable bonds is 3. The number of likely N-dealkylation sites (N-methyl/N-ethyl adjacent to an activating group) is 1. The van der Waals surface area contributed by atoms with Gasteiger partial charge in [0.1, 0.15) is 0 Å². The molecule has 0 saturated carbocycles. The normalized spacial score (nSPS) is 27.1. The molecule has 20 heavy (non-hydrogen) atoms. The summed E-state index contributed by atoms with van der Waals surface area (Å²) in [6, 6.07) is 0.523. The Morgan fingerprint density at radius 1 is 1.15 bits per heavy atom. The van der Waals surface area contributed by atoms with E-state index in [1.54, 1.807) is 0 Å². The van der Waals surface area contributed by atoms with Crippen molar-refractivity contribution in [3.63, 3.8) is 0 Å². The monoisotopic (exact) mass is 283 g/mol. The Bertz CT molecular complexity index is 373. The fourth-order valence-corrected chi connectivity index (χ4v) is 3.17. The molecule has 0 aromatic heterocycles. The van der Waals surface area contributed by atoms with Gasteiger partial charge >= 0.3 is 12.0 Å². The molecule has 2 amide bonds. The van der Waals surface area contributed by atoms with E-state index in [1.807, 2.05) is 9.80 Å². The van der Waals surface area contributed by atoms with E-state index in [1.165, 1.54) is 0 Å². The first-order chi connectivity index (χ1) is 9.47. The summed E-state index contributed by atoms with van der Waals surface area (Å²) in [6.45, 7) is 2.89. The zero-order valence-corrected chi connectivity index (χ0v) is 12.4. The highest BCUT2D eigenvalue weighted by atomic mass is 16.4. The van der Waals surface area contributed by atoms with Gasteiger partial charge in [-0.25, -0.2) is 4.79 Å². The largest absolute Gasteiger partial charge is 0.481 e. The maximum Gasteiger partial charge on any atom is 0.320 e. The molecule has 0 spiro atoms. The van der Waals surface area contributed by atoms with Gasteiger partial charge in [-0.15, -0.1) is 0 Å². The van der Waals surface area contributed by atoms with Crippen LogP contribution in [0.4, 0.5) is 4.79 Å². The van der Waals surface area contributed by atoms with Crippen molar-refractivity contribution in [2.45, 2.75) is 31.7 Å². The molecule has 2 aliphatic rings. The molecule has 1 N–H and O–H groups in total. The first-order valence-electron chi connectivity index (χ1n) is 7.39. The van der Waals surface area contributed by atoms with E-state index in [4.69, 9.17) is 5.11 Å². The molecule has 114 valence electrons. The zero-order valence-electron chi connectivity index (χ0n) is 12.4. The summed E-state index contributed by atoms with van der Waals surface area (Å²) < 4.78 is 0. The molecule has 0 radical (unpaired) electrons. The van der Waals surface area contributed by atoms with Gasteiger partial charge in [-0.2, -0.15) is 0 Å². The summed E-state index contributed by atoms with van der Waals surface area (Å²) in [6.07, 6.45) is 3.16. The number of hydrogen-bond donors (Lipinski definition) is 1. The van der Waals surface area contributed by atoms with Crippen LogP contribution in [0.25, 0.3) is 0 Å². The molecule has 6 nitrogen and oxygen atoms in total. The summed E-state index contributed by atoms with van der Waals surface area (Å²) in [7, 11) is 4.11. The van der Waals surface area contributed by atoms with Crippen LogP contribution in [0.15, 0.2) is 0 Å². The molecule has 2 fully saturated rings. The lowest BCUT2D eigenvalue weighted by molar-refractivity contribution is -0.138. The van der Waals surface area contributed by atoms with Gasteiger partial charge in [-0.1, -0.05) is 0 Å². The molecular formula is C14H25N3O3. The number of carbonyl (C=O) groups excluding carboxylic acids is 1. The highest BCUT2D eigenvalue weighted by molar-refractivity contribution is 5.75. The number of carbonyl (C=O) groups is 2. The first-order valence-corrected chi connectivity index (χ1v) is 7.39. The Labute approximate surface area is 120 Å². The number of piperidine rings is 1. The molecule has 2 unspecified atom stereocenters. The fraction of sp³-hybridized carbons (Fsp3) is 0.857. The standard InChI is InChI=1S/C14H25N3O3/c1-15(2)12-4-3-6-16(10-12)14(20)17-7-5-11(9-17)8-13(18)19/h11-12H,3-10H2,1-2H3,(H,18,19). The molecule has 2 atom stereocenters. The lowest BCUT2D eigenvalue weighted by Gasteiger charge is -2.37. The quantitative estimate of drug-likeness (QED) is 0.837. The van der Waals surface area contributed by atoms with Gasteiger partial charge in [0.2, 0.25) is 0 Å². The molecule has 2 heterocycles. The Hall–Kier alpha value is -1.30. The van der Waals surface area contributed by atoms with Crippen LogP contribution in [0, 0.1) is 5.92 Å². The third-order valence-electron chi connectivity index (χ3n) is 4.42. The van der Waals surface area contributed by atoms with Gasteiger partial charge < -0.3 is 19.8 Å². The molecular weight excluding hydrogens is 258 g/mol. The topological polar surface area (TPSA) is 64.1 Å². The fourth-order valence-electron chi connectivity index (χ4n) is 3.17. The van der Waals surface area contributed by atoms with Crippen LogP contribution >= 0.6 is 0 Å². The third-order valence-corrected chi connectivity index (χ3v) is 4.42. The van der Waals surface area contributed by atoms with Gasteiger partial charge in [0.25, 0.3) is 0 Å². The Kier molecular flexibility index (Phi) is 4.86. The number of carboxylic acid groups (broad SMARTS) is 1. The van der Waals surface area contributed by atoms with Gasteiger partial charge in [0.15, 0.2) is 0 Å². The number of carboxylic acids is 1. The lowest BCUT2D eigenvalue weighted by atomic mass is 10.1. The second kappa shape index (κ2) is 6.43. The second-order valence-corrected chi connectivity index (χ2v) is 6.19. The van der Waals surface area contributed by atoms with Crippen LogP contribution in [0.1, 0.15) is 25.7 Å². The minimum absolute atomic E-state index is 0.0874. The second-order valence-electron chi connectivity index (χ2n) is 6.19. The third kappa shape index (κ3) is 3.62. The van der Waals surface area contributed by atoms with Gasteiger partial charge in [0.05, 0.1) is 0 Å². The van der Waals surface area contributed by atoms with Crippen molar-refractivity contribution in [2.24, 2.45) is 5.92 Å². The van der Waals surface area contributed by atoms with Crippen molar-refractivity contribution in [3.8, 4) is 0 Å². The predicted molar refractivity (Wildman–Crippen MR) is 75.6 cm³/mol. The van der Waals surface area contributed by atoms with E-state index >= 15 is 0 Å². The number of aliphatic carboxylic acids is 1. The van der Waals surface area contributed by atoms with Crippen LogP contribution in [-0.4, -0.2) is 78.1 Å². The van der Waals surface area contributed by atoms with Crippen molar-refractivity contribution < 1.29 is 14.7 Å². The average molecular weight is 283 g/mol. The summed E-state index contributed by atoms with van der Waals surface area (Å²) in [5.74, 6) is -0.652. The van der Waals surface area contributed by atoms with Crippen LogP contribution < -0.4 is 0 Å². The van der Waals surface area contributed by atoms with Crippen molar-refractivity contribution in [3.05, 3.63) is 0 Å². The van der Waals surface area contributed by atoms with Crippen LogP contribution in [0.3, 0.4) is 0 Å². The smallest absolute Gasteiger partial charge is 0.320 e. The van der Waals surface area contributed by atoms with Crippen molar-refractivity contribution >= 4 is 12.0 Å². The molecule has 0 aromatic carbocycles. The minimum Gasteiger partial charge on any atom is -0.481 e. The average Bonchev–Trinajstić information content (AvgIpc) is 2.85. The van der Waals surface area contributed by atoms with Gasteiger partial charge in [-0.3, -0.25) is 4.79 Å². The summed E-state index contributed by atoms with van der Waals surface area (Å²) in [5.41, 5.74) is 0. The van der Waals surface area contributed by atoms with E-state index in [0.717, 1.165) is 32.4 Å². The molecule has 0 bridgehead atoms.